The van der Waals surface area contributed by atoms with Crippen LogP contribution in [-0.2, 0) is 6.54 Å². The smallest absolute Gasteiger partial charge is 0.253 e. The molecule has 9 heteroatoms. The number of nitrogens with zero attached hydrogens (tertiary/aromatic N) is 5. The largest absolute Gasteiger partial charge is 0.464 e. The summed E-state index contributed by atoms with van der Waals surface area (Å²) in [5.74, 6) is 1.84. The molecule has 1 fully saturated rings. The molecule has 0 radical (unpaired) electrons. The molecule has 2 aromatic carbocycles. The zero-order valence-electron chi connectivity index (χ0n) is 23.4. The number of hydrogen-bond donors (Lipinski definition) is 1. The van der Waals surface area contributed by atoms with Crippen molar-refractivity contribution >= 4 is 45.8 Å². The first-order chi connectivity index (χ1) is 20.5. The average molecular weight is 579 g/mol. The predicted molar refractivity (Wildman–Crippen MR) is 168 cm³/mol. The fourth-order valence-corrected chi connectivity index (χ4v) is 6.03. The summed E-state index contributed by atoms with van der Waals surface area (Å²) in [6.07, 6.45) is 5.35. The molecule has 0 atom stereocenters. The van der Waals surface area contributed by atoms with Crippen molar-refractivity contribution in [1.29, 1.82) is 0 Å². The molecule has 0 aliphatic carbocycles. The van der Waals surface area contributed by atoms with Gasteiger partial charge in [-0.2, -0.15) is 0 Å². The first-order valence-electron chi connectivity index (χ1n) is 14.2. The van der Waals surface area contributed by atoms with E-state index < -0.39 is 0 Å². The zero-order chi connectivity index (χ0) is 28.6. The van der Waals surface area contributed by atoms with E-state index in [1.807, 2.05) is 59.6 Å². The summed E-state index contributed by atoms with van der Waals surface area (Å²) in [6.45, 7) is 7.31. The number of carbonyl (C=O) groups excluding carboxylic acids is 1. The van der Waals surface area contributed by atoms with Crippen LogP contribution in [-0.4, -0.2) is 60.0 Å². The van der Waals surface area contributed by atoms with Crippen LogP contribution in [0.15, 0.2) is 83.7 Å². The first-order valence-corrected chi connectivity index (χ1v) is 14.6. The number of benzene rings is 2. The maximum Gasteiger partial charge on any atom is 0.253 e. The number of fused-ring (bicyclic) bond motifs is 2. The highest BCUT2D eigenvalue weighted by Gasteiger charge is 2.25. The monoisotopic (exact) mass is 578 g/mol. The van der Waals surface area contributed by atoms with Crippen molar-refractivity contribution in [1.82, 2.24) is 14.9 Å². The Morgan fingerprint density at radius 1 is 0.952 bits per heavy atom. The molecule has 8 nitrogen and oxygen atoms in total. The van der Waals surface area contributed by atoms with Gasteiger partial charge >= 0.3 is 0 Å². The number of aryl methyl sites for hydroxylation is 1. The second kappa shape index (κ2) is 11.0. The van der Waals surface area contributed by atoms with Gasteiger partial charge in [0, 0.05) is 74.4 Å². The van der Waals surface area contributed by atoms with Crippen LogP contribution in [0.2, 0.25) is 5.02 Å². The number of aromatic nitrogens is 2. The molecule has 212 valence electrons. The second-order valence-corrected chi connectivity index (χ2v) is 11.3. The summed E-state index contributed by atoms with van der Waals surface area (Å²) in [6, 6.07) is 19.9. The van der Waals surface area contributed by atoms with E-state index in [2.05, 4.69) is 39.2 Å². The SMILES string of the molecule is Cc1ccc(Cl)cc1CN1CCNc2ncc(-c3ccc(C(=O)N4CCN(c5nccc6occc56)CC4)cc3)cc21. The number of anilines is 3. The van der Waals surface area contributed by atoms with Gasteiger partial charge in [0.15, 0.2) is 0 Å². The van der Waals surface area contributed by atoms with Crippen molar-refractivity contribution in [3.05, 3.63) is 101 Å². The van der Waals surface area contributed by atoms with Crippen LogP contribution < -0.4 is 15.1 Å². The maximum atomic E-state index is 13.4. The number of nitrogens with one attached hydrogen (secondary N) is 1. The van der Waals surface area contributed by atoms with E-state index in [-0.39, 0.29) is 5.91 Å². The summed E-state index contributed by atoms with van der Waals surface area (Å²) >= 11 is 6.29. The minimum atomic E-state index is 0.0477. The van der Waals surface area contributed by atoms with Gasteiger partial charge in [-0.05, 0) is 66.1 Å². The third kappa shape index (κ3) is 5.03. The molecule has 42 heavy (non-hydrogen) atoms. The quantitative estimate of drug-likeness (QED) is 0.264. The third-order valence-electron chi connectivity index (χ3n) is 8.25. The Hall–Kier alpha value is -4.56. The minimum absolute atomic E-state index is 0.0477. The molecule has 0 saturated carbocycles. The van der Waals surface area contributed by atoms with Crippen LogP contribution >= 0.6 is 11.6 Å². The van der Waals surface area contributed by atoms with Gasteiger partial charge in [-0.3, -0.25) is 4.79 Å². The number of hydrogen-bond acceptors (Lipinski definition) is 7. The van der Waals surface area contributed by atoms with Gasteiger partial charge in [-0.1, -0.05) is 29.8 Å². The van der Waals surface area contributed by atoms with Crippen molar-refractivity contribution in [3.63, 3.8) is 0 Å². The molecule has 0 unspecified atom stereocenters. The summed E-state index contributed by atoms with van der Waals surface area (Å²) in [5, 5.41) is 5.17. The Labute approximate surface area is 249 Å². The molecule has 7 rings (SSSR count). The number of furan rings is 1. The van der Waals surface area contributed by atoms with Gasteiger partial charge < -0.3 is 24.4 Å². The lowest BCUT2D eigenvalue weighted by atomic mass is 10.0. The first kappa shape index (κ1) is 26.3. The van der Waals surface area contributed by atoms with Gasteiger partial charge in [0.25, 0.3) is 5.91 Å². The van der Waals surface area contributed by atoms with E-state index in [9.17, 15) is 4.79 Å². The highest BCUT2D eigenvalue weighted by atomic mass is 35.5. The topological polar surface area (TPSA) is 77.7 Å². The molecule has 1 N–H and O–H groups in total. The molecular weight excluding hydrogens is 548 g/mol. The summed E-state index contributed by atoms with van der Waals surface area (Å²) in [5.41, 5.74) is 7.04. The third-order valence-corrected chi connectivity index (χ3v) is 8.48. The van der Waals surface area contributed by atoms with E-state index >= 15 is 0 Å². The summed E-state index contributed by atoms with van der Waals surface area (Å²) in [7, 11) is 0. The number of piperazine rings is 1. The number of halogens is 1. The van der Waals surface area contributed by atoms with Crippen LogP contribution in [0.5, 0.6) is 0 Å². The molecule has 0 bridgehead atoms. The van der Waals surface area contributed by atoms with Crippen molar-refractivity contribution < 1.29 is 9.21 Å². The van der Waals surface area contributed by atoms with Gasteiger partial charge in [0.1, 0.15) is 17.2 Å². The molecule has 1 saturated heterocycles. The highest BCUT2D eigenvalue weighted by molar-refractivity contribution is 6.30. The Bertz CT molecular complexity index is 1760. The lowest BCUT2D eigenvalue weighted by Gasteiger charge is -2.35. The van der Waals surface area contributed by atoms with Gasteiger partial charge in [0.05, 0.1) is 17.3 Å². The molecule has 5 heterocycles. The fourth-order valence-electron chi connectivity index (χ4n) is 5.84. The average Bonchev–Trinajstić information content (AvgIpc) is 3.52. The standard InChI is InChI=1S/C33H31ClN6O2/c1-22-2-7-27(34)18-26(22)21-40-12-11-35-31-29(40)19-25(20-37-31)23-3-5-24(6-4-23)33(41)39-15-13-38(14-16-39)32-28-9-17-42-30(28)8-10-36-32/h2-10,17-20H,11-16,21H2,1H3,(H,35,37). The molecule has 1 amide bonds. The number of carbonyl (C=O) groups is 1. The van der Waals surface area contributed by atoms with E-state index in [0.717, 1.165) is 77.2 Å². The zero-order valence-corrected chi connectivity index (χ0v) is 24.1. The van der Waals surface area contributed by atoms with Crippen molar-refractivity contribution in [2.45, 2.75) is 13.5 Å². The molecule has 2 aliphatic heterocycles. The van der Waals surface area contributed by atoms with Gasteiger partial charge in [-0.15, -0.1) is 0 Å². The van der Waals surface area contributed by atoms with Crippen LogP contribution in [0.4, 0.5) is 17.3 Å². The van der Waals surface area contributed by atoms with E-state index in [4.69, 9.17) is 21.0 Å². The number of rotatable bonds is 5. The Kier molecular flexibility index (Phi) is 6.91. The highest BCUT2D eigenvalue weighted by Crippen LogP contribution is 2.34. The Morgan fingerprint density at radius 3 is 2.62 bits per heavy atom. The Morgan fingerprint density at radius 2 is 1.79 bits per heavy atom. The normalized spacial score (nSPS) is 15.0. The molecular formula is C33H31ClN6O2. The second-order valence-electron chi connectivity index (χ2n) is 10.8. The van der Waals surface area contributed by atoms with Crippen molar-refractivity contribution in [2.75, 3.05) is 54.4 Å². The predicted octanol–water partition coefficient (Wildman–Crippen LogP) is 6.25. The fraction of sp³-hybridized carbons (Fsp3) is 0.242. The van der Waals surface area contributed by atoms with Crippen LogP contribution in [0.1, 0.15) is 21.5 Å². The van der Waals surface area contributed by atoms with E-state index in [1.54, 1.807) is 12.5 Å². The summed E-state index contributed by atoms with van der Waals surface area (Å²) < 4.78 is 5.53. The molecule has 5 aromatic rings. The lowest BCUT2D eigenvalue weighted by molar-refractivity contribution is 0.0746. The van der Waals surface area contributed by atoms with Crippen LogP contribution in [0, 0.1) is 6.92 Å². The minimum Gasteiger partial charge on any atom is -0.464 e. The van der Waals surface area contributed by atoms with Crippen molar-refractivity contribution in [2.24, 2.45) is 0 Å². The maximum absolute atomic E-state index is 13.4. The number of pyridine rings is 2. The van der Waals surface area contributed by atoms with Crippen molar-refractivity contribution in [3.8, 4) is 11.1 Å². The number of amides is 1. The molecule has 0 spiro atoms. The lowest BCUT2D eigenvalue weighted by Crippen LogP contribution is -2.49. The van der Waals surface area contributed by atoms with E-state index in [1.165, 1.54) is 11.1 Å². The van der Waals surface area contributed by atoms with Gasteiger partial charge in [0.2, 0.25) is 0 Å². The van der Waals surface area contributed by atoms with Crippen LogP contribution in [0.3, 0.4) is 0 Å². The van der Waals surface area contributed by atoms with Crippen LogP contribution in [0.25, 0.3) is 22.1 Å². The van der Waals surface area contributed by atoms with Gasteiger partial charge in [-0.25, -0.2) is 9.97 Å². The molecule has 3 aromatic heterocycles. The van der Waals surface area contributed by atoms with E-state index in [0.29, 0.717) is 18.7 Å². The Balaban J connectivity index is 1.04. The molecule has 2 aliphatic rings. The summed E-state index contributed by atoms with van der Waals surface area (Å²) in [4.78, 5) is 29.2.